The Morgan fingerprint density at radius 3 is 2.74 bits per heavy atom. The van der Waals surface area contributed by atoms with Gasteiger partial charge in [0.2, 0.25) is 0 Å². The number of hydrogen-bond donors (Lipinski definition) is 2. The van der Waals surface area contributed by atoms with Crippen LogP contribution in [0.25, 0.3) is 12.7 Å². The van der Waals surface area contributed by atoms with E-state index < -0.39 is 0 Å². The number of nitrogens with one attached hydrogen (secondary N) is 2. The highest BCUT2D eigenvalue weighted by molar-refractivity contribution is 5.55. The smallest absolute Gasteiger partial charge is 0.124 e. The number of imidazole rings is 1. The second-order valence-corrected chi connectivity index (χ2v) is 4.92. The monoisotopic (exact) mass is 259 g/mol. The fourth-order valence-electron chi connectivity index (χ4n) is 1.84. The summed E-state index contributed by atoms with van der Waals surface area (Å²) in [4.78, 5) is 13.1. The zero-order valence-corrected chi connectivity index (χ0v) is 11.8. The van der Waals surface area contributed by atoms with Gasteiger partial charge >= 0.3 is 0 Å². The highest BCUT2D eigenvalue weighted by Gasteiger charge is 2.26. The van der Waals surface area contributed by atoms with Gasteiger partial charge in [0.05, 0.1) is 10.7 Å². The third-order valence-corrected chi connectivity index (χ3v) is 3.37. The van der Waals surface area contributed by atoms with Crippen molar-refractivity contribution in [2.24, 2.45) is 0 Å². The Labute approximate surface area is 113 Å². The lowest BCUT2D eigenvalue weighted by molar-refractivity contribution is 0.126. The standard InChI is InChI=1S/C15H21N3O/c1-9(10(2)12(4)19-16-5)8-14-11(3)17-15(18-14)13-6-7-13/h8,13,16H,1,3,6-7H2,2,4-5H3,(H,17,18). The van der Waals surface area contributed by atoms with Crippen LogP contribution >= 0.6 is 0 Å². The molecule has 0 bridgehead atoms. The average molecular weight is 259 g/mol. The normalized spacial score (nSPS) is 17.3. The molecule has 1 fully saturated rings. The minimum atomic E-state index is 0.599. The van der Waals surface area contributed by atoms with Gasteiger partial charge in [-0.25, -0.2) is 4.98 Å². The number of hydrogen-bond acceptors (Lipinski definition) is 3. The molecule has 0 unspecified atom stereocenters. The summed E-state index contributed by atoms with van der Waals surface area (Å²) >= 11 is 0. The second kappa shape index (κ2) is 5.45. The zero-order chi connectivity index (χ0) is 14.0. The van der Waals surface area contributed by atoms with Gasteiger partial charge in [0.15, 0.2) is 0 Å². The molecular weight excluding hydrogens is 238 g/mol. The summed E-state index contributed by atoms with van der Waals surface area (Å²) in [5.74, 6) is 2.45. The van der Waals surface area contributed by atoms with Crippen molar-refractivity contribution in [3.63, 3.8) is 0 Å². The highest BCUT2D eigenvalue weighted by atomic mass is 16.6. The Bertz CT molecular complexity index is 620. The minimum Gasteiger partial charge on any atom is -0.413 e. The van der Waals surface area contributed by atoms with Crippen LogP contribution in [0.5, 0.6) is 0 Å². The first-order valence-corrected chi connectivity index (χ1v) is 6.50. The molecule has 0 amide bonds. The summed E-state index contributed by atoms with van der Waals surface area (Å²) in [5.41, 5.74) is 4.53. The lowest BCUT2D eigenvalue weighted by Gasteiger charge is -2.07. The fraction of sp³-hybridized carbons (Fsp3) is 0.400. The Balaban J connectivity index is 2.28. The first-order chi connectivity index (χ1) is 9.02. The van der Waals surface area contributed by atoms with E-state index in [9.17, 15) is 0 Å². The molecule has 4 nitrogen and oxygen atoms in total. The average Bonchev–Trinajstić information content (AvgIpc) is 3.15. The molecule has 1 aliphatic carbocycles. The molecule has 102 valence electrons. The van der Waals surface area contributed by atoms with Crippen molar-refractivity contribution in [3.05, 3.63) is 40.0 Å². The molecule has 0 atom stereocenters. The first-order valence-electron chi connectivity index (χ1n) is 6.50. The van der Waals surface area contributed by atoms with Gasteiger partial charge in [0, 0.05) is 13.0 Å². The van der Waals surface area contributed by atoms with Crippen molar-refractivity contribution >= 4 is 12.7 Å². The van der Waals surface area contributed by atoms with E-state index in [1.807, 2.05) is 19.9 Å². The Morgan fingerprint density at radius 2 is 2.16 bits per heavy atom. The van der Waals surface area contributed by atoms with Crippen molar-refractivity contribution in [1.29, 1.82) is 0 Å². The Morgan fingerprint density at radius 1 is 1.47 bits per heavy atom. The van der Waals surface area contributed by atoms with E-state index in [0.717, 1.165) is 33.4 Å². The predicted octanol–water partition coefficient (Wildman–Crippen LogP) is 1.48. The summed E-state index contributed by atoms with van der Waals surface area (Å²) in [7, 11) is 1.73. The molecule has 0 aliphatic heterocycles. The number of H-pyrrole nitrogens is 1. The van der Waals surface area contributed by atoms with Gasteiger partial charge in [-0.3, -0.25) is 0 Å². The summed E-state index contributed by atoms with van der Waals surface area (Å²) in [6, 6.07) is 0. The lowest BCUT2D eigenvalue weighted by atomic mass is 10.1. The minimum absolute atomic E-state index is 0.599. The third-order valence-electron chi connectivity index (χ3n) is 3.37. The topological polar surface area (TPSA) is 49.9 Å². The molecule has 0 spiro atoms. The van der Waals surface area contributed by atoms with Gasteiger partial charge in [0.1, 0.15) is 11.6 Å². The molecule has 1 saturated carbocycles. The van der Waals surface area contributed by atoms with Gasteiger partial charge in [-0.2, -0.15) is 5.48 Å². The van der Waals surface area contributed by atoms with Gasteiger partial charge in [-0.05, 0) is 43.9 Å². The van der Waals surface area contributed by atoms with E-state index in [1.54, 1.807) is 7.05 Å². The maximum absolute atomic E-state index is 5.25. The Hall–Kier alpha value is -1.81. The lowest BCUT2D eigenvalue weighted by Crippen LogP contribution is -2.22. The third kappa shape index (κ3) is 3.15. The Kier molecular flexibility index (Phi) is 3.90. The van der Waals surface area contributed by atoms with E-state index in [4.69, 9.17) is 4.84 Å². The van der Waals surface area contributed by atoms with Crippen LogP contribution in [0.3, 0.4) is 0 Å². The van der Waals surface area contributed by atoms with E-state index in [1.165, 1.54) is 12.8 Å². The molecule has 0 saturated heterocycles. The molecule has 4 heteroatoms. The molecular formula is C15H21N3O. The van der Waals surface area contributed by atoms with Crippen LogP contribution in [0.1, 0.15) is 38.4 Å². The number of allylic oxidation sites excluding steroid dienone is 3. The summed E-state index contributed by atoms with van der Waals surface area (Å²) in [6.07, 6.45) is 4.39. The van der Waals surface area contributed by atoms with E-state index in [2.05, 4.69) is 28.6 Å². The summed E-state index contributed by atoms with van der Waals surface area (Å²) in [5, 5.41) is 1.71. The van der Waals surface area contributed by atoms with Gasteiger partial charge in [0.25, 0.3) is 0 Å². The largest absolute Gasteiger partial charge is 0.413 e. The SMILES string of the molecule is C=C(C=c1nc(C2CC2)[nH]c1=C)C(C)=C(C)ONC. The van der Waals surface area contributed by atoms with Crippen molar-refractivity contribution in [2.75, 3.05) is 7.05 Å². The maximum Gasteiger partial charge on any atom is 0.124 e. The van der Waals surface area contributed by atoms with Crippen LogP contribution in [0.4, 0.5) is 0 Å². The number of nitrogens with zero attached hydrogens (tertiary/aromatic N) is 1. The van der Waals surface area contributed by atoms with Gasteiger partial charge in [-0.15, -0.1) is 0 Å². The fourth-order valence-corrected chi connectivity index (χ4v) is 1.84. The van der Waals surface area contributed by atoms with Crippen molar-refractivity contribution in [2.45, 2.75) is 32.6 Å². The van der Waals surface area contributed by atoms with Crippen LogP contribution in [0, 0.1) is 0 Å². The summed E-state index contributed by atoms with van der Waals surface area (Å²) in [6.45, 7) is 11.9. The van der Waals surface area contributed by atoms with E-state index in [-0.39, 0.29) is 0 Å². The van der Waals surface area contributed by atoms with E-state index >= 15 is 0 Å². The number of aromatic amines is 1. The van der Waals surface area contributed by atoms with Crippen LogP contribution in [-0.2, 0) is 4.84 Å². The highest BCUT2D eigenvalue weighted by Crippen LogP contribution is 2.37. The molecule has 1 aromatic heterocycles. The van der Waals surface area contributed by atoms with Gasteiger partial charge < -0.3 is 9.82 Å². The molecule has 2 N–H and O–H groups in total. The molecule has 1 aliphatic rings. The predicted molar refractivity (Wildman–Crippen MR) is 77.5 cm³/mol. The number of rotatable bonds is 5. The van der Waals surface area contributed by atoms with Crippen LogP contribution in [0.15, 0.2) is 23.5 Å². The van der Waals surface area contributed by atoms with E-state index in [0.29, 0.717) is 5.92 Å². The van der Waals surface area contributed by atoms with Crippen molar-refractivity contribution in [3.8, 4) is 0 Å². The van der Waals surface area contributed by atoms with Crippen LogP contribution < -0.4 is 16.2 Å². The van der Waals surface area contributed by atoms with Crippen LogP contribution in [-0.4, -0.2) is 17.0 Å². The summed E-state index contributed by atoms with van der Waals surface area (Å²) < 4.78 is 0. The second-order valence-electron chi connectivity index (χ2n) is 4.92. The molecule has 1 aromatic rings. The number of hydroxylamine groups is 1. The molecule has 0 aromatic carbocycles. The first kappa shape index (κ1) is 13.6. The quantitative estimate of drug-likeness (QED) is 0.478. The molecule has 19 heavy (non-hydrogen) atoms. The van der Waals surface area contributed by atoms with Crippen LogP contribution in [0.2, 0.25) is 0 Å². The maximum atomic E-state index is 5.25. The van der Waals surface area contributed by atoms with Crippen molar-refractivity contribution < 1.29 is 4.84 Å². The number of aromatic nitrogens is 2. The molecule has 1 heterocycles. The molecule has 2 rings (SSSR count). The van der Waals surface area contributed by atoms with Gasteiger partial charge in [-0.1, -0.05) is 13.2 Å². The molecule has 0 radical (unpaired) electrons. The van der Waals surface area contributed by atoms with Crippen molar-refractivity contribution in [1.82, 2.24) is 15.4 Å². The zero-order valence-electron chi connectivity index (χ0n) is 11.8.